The summed E-state index contributed by atoms with van der Waals surface area (Å²) in [6.07, 6.45) is 6.68. The molecule has 0 bridgehead atoms. The summed E-state index contributed by atoms with van der Waals surface area (Å²) in [6.45, 7) is 6.28. The van der Waals surface area contributed by atoms with Gasteiger partial charge in [-0.1, -0.05) is 26.8 Å². The Labute approximate surface area is 147 Å². The monoisotopic (exact) mass is 344 g/mol. The fourth-order valence-electron chi connectivity index (χ4n) is 2.76. The first kappa shape index (κ1) is 17.0. The van der Waals surface area contributed by atoms with Crippen LogP contribution in [0.2, 0.25) is 0 Å². The maximum atomic E-state index is 12.4. The molecule has 1 aliphatic carbocycles. The second-order valence-corrected chi connectivity index (χ2v) is 8.32. The maximum Gasteiger partial charge on any atom is 0.267 e. The van der Waals surface area contributed by atoms with E-state index in [1.165, 1.54) is 24.2 Å². The van der Waals surface area contributed by atoms with Gasteiger partial charge in [0.05, 0.1) is 17.3 Å². The largest absolute Gasteiger partial charge is 0.490 e. The van der Waals surface area contributed by atoms with Gasteiger partial charge in [0.15, 0.2) is 0 Å². The van der Waals surface area contributed by atoms with Crippen LogP contribution in [0.15, 0.2) is 30.5 Å². The number of carbonyl (C=O) groups excluding carboxylic acids is 1. The molecular formula is C19H24N2O2S. The summed E-state index contributed by atoms with van der Waals surface area (Å²) in [7, 11) is 0. The Balaban J connectivity index is 1.66. The van der Waals surface area contributed by atoms with Crippen LogP contribution in [0.5, 0.6) is 5.75 Å². The molecule has 2 aromatic rings. The van der Waals surface area contributed by atoms with Crippen LogP contribution in [-0.4, -0.2) is 17.0 Å². The Bertz CT molecular complexity index is 712. The first-order valence-electron chi connectivity index (χ1n) is 8.46. The zero-order chi connectivity index (χ0) is 17.2. The van der Waals surface area contributed by atoms with Gasteiger partial charge in [-0.15, -0.1) is 11.3 Å². The average Bonchev–Trinajstić information content (AvgIpc) is 3.18. The molecule has 3 rings (SSSR count). The Hall–Kier alpha value is -1.88. The number of benzene rings is 1. The minimum Gasteiger partial charge on any atom is -0.490 e. The van der Waals surface area contributed by atoms with Crippen LogP contribution in [0.4, 0.5) is 5.69 Å². The third kappa shape index (κ3) is 4.15. The molecule has 0 saturated heterocycles. The van der Waals surface area contributed by atoms with E-state index >= 15 is 0 Å². The van der Waals surface area contributed by atoms with Crippen LogP contribution in [0, 0.1) is 0 Å². The number of amides is 1. The van der Waals surface area contributed by atoms with Crippen molar-refractivity contribution < 1.29 is 9.53 Å². The van der Waals surface area contributed by atoms with Gasteiger partial charge in [0.25, 0.3) is 5.91 Å². The highest BCUT2D eigenvalue weighted by Gasteiger charge is 2.21. The fourth-order valence-corrected chi connectivity index (χ4v) is 3.63. The summed E-state index contributed by atoms with van der Waals surface area (Å²) in [5, 5.41) is 3.90. The second kappa shape index (κ2) is 6.93. The molecule has 1 aromatic carbocycles. The number of hydrogen-bond acceptors (Lipinski definition) is 4. The van der Waals surface area contributed by atoms with E-state index in [0.29, 0.717) is 11.0 Å². The molecule has 0 aliphatic heterocycles. The van der Waals surface area contributed by atoms with E-state index in [9.17, 15) is 4.79 Å². The van der Waals surface area contributed by atoms with Gasteiger partial charge < -0.3 is 10.1 Å². The lowest BCUT2D eigenvalue weighted by Gasteiger charge is -2.14. The lowest BCUT2D eigenvalue weighted by molar-refractivity contribution is 0.103. The number of nitrogens with zero attached hydrogens (tertiary/aromatic N) is 1. The molecule has 0 spiro atoms. The third-order valence-electron chi connectivity index (χ3n) is 4.07. The smallest absolute Gasteiger partial charge is 0.267 e. The van der Waals surface area contributed by atoms with Crippen molar-refractivity contribution in [3.63, 3.8) is 0 Å². The number of carbonyl (C=O) groups is 1. The van der Waals surface area contributed by atoms with Crippen molar-refractivity contribution in [3.05, 3.63) is 40.3 Å². The van der Waals surface area contributed by atoms with E-state index in [1.54, 1.807) is 6.20 Å². The minimum atomic E-state index is -0.124. The van der Waals surface area contributed by atoms with Crippen molar-refractivity contribution in [1.82, 2.24) is 4.98 Å². The lowest BCUT2D eigenvalue weighted by Crippen LogP contribution is -2.12. The number of anilines is 1. The summed E-state index contributed by atoms with van der Waals surface area (Å²) in [4.78, 5) is 17.4. The summed E-state index contributed by atoms with van der Waals surface area (Å²) >= 11 is 1.44. The highest BCUT2D eigenvalue weighted by Crippen LogP contribution is 2.28. The summed E-state index contributed by atoms with van der Waals surface area (Å²) in [6, 6.07) is 7.62. The van der Waals surface area contributed by atoms with Crippen molar-refractivity contribution in [2.45, 2.75) is 58.0 Å². The van der Waals surface area contributed by atoms with Gasteiger partial charge >= 0.3 is 0 Å². The molecule has 1 fully saturated rings. The Morgan fingerprint density at radius 2 is 2.04 bits per heavy atom. The first-order valence-corrected chi connectivity index (χ1v) is 9.28. The molecule has 1 heterocycles. The first-order chi connectivity index (χ1) is 11.4. The molecule has 1 amide bonds. The molecule has 1 aromatic heterocycles. The SMILES string of the molecule is CC(C)(C)c1ncc(C(=O)Nc2cccc(OC3CCCC3)c2)s1. The van der Waals surface area contributed by atoms with E-state index in [2.05, 4.69) is 31.1 Å². The normalized spacial score (nSPS) is 15.5. The Morgan fingerprint density at radius 1 is 1.29 bits per heavy atom. The molecule has 0 radical (unpaired) electrons. The van der Waals surface area contributed by atoms with Crippen LogP contribution in [0.1, 0.15) is 61.1 Å². The lowest BCUT2D eigenvalue weighted by atomic mass is 9.98. The number of ether oxygens (including phenoxy) is 1. The number of rotatable bonds is 4. The van der Waals surface area contributed by atoms with E-state index in [-0.39, 0.29) is 11.3 Å². The van der Waals surface area contributed by atoms with Crippen LogP contribution < -0.4 is 10.1 Å². The van der Waals surface area contributed by atoms with Crippen molar-refractivity contribution in [2.75, 3.05) is 5.32 Å². The molecule has 1 aliphatic rings. The predicted molar refractivity (Wildman–Crippen MR) is 98.1 cm³/mol. The minimum absolute atomic E-state index is 0.0434. The molecular weight excluding hydrogens is 320 g/mol. The van der Waals surface area contributed by atoms with E-state index < -0.39 is 0 Å². The topological polar surface area (TPSA) is 51.2 Å². The summed E-state index contributed by atoms with van der Waals surface area (Å²) < 4.78 is 5.99. The number of aromatic nitrogens is 1. The highest BCUT2D eigenvalue weighted by molar-refractivity contribution is 7.13. The Morgan fingerprint density at radius 3 is 2.71 bits per heavy atom. The van der Waals surface area contributed by atoms with Gasteiger partial charge in [-0.05, 0) is 37.8 Å². The molecule has 1 saturated carbocycles. The van der Waals surface area contributed by atoms with Gasteiger partial charge in [-0.2, -0.15) is 0 Å². The molecule has 4 nitrogen and oxygen atoms in total. The highest BCUT2D eigenvalue weighted by atomic mass is 32.1. The van der Waals surface area contributed by atoms with E-state index in [4.69, 9.17) is 4.74 Å². The fraction of sp³-hybridized carbons (Fsp3) is 0.474. The van der Waals surface area contributed by atoms with Crippen molar-refractivity contribution in [1.29, 1.82) is 0 Å². The quantitative estimate of drug-likeness (QED) is 0.848. The van der Waals surface area contributed by atoms with Crippen molar-refractivity contribution >= 4 is 22.9 Å². The molecule has 1 N–H and O–H groups in total. The average molecular weight is 344 g/mol. The molecule has 0 atom stereocenters. The van der Waals surface area contributed by atoms with Gasteiger partial charge in [0, 0.05) is 17.2 Å². The van der Waals surface area contributed by atoms with Gasteiger partial charge in [-0.25, -0.2) is 4.98 Å². The van der Waals surface area contributed by atoms with Crippen molar-refractivity contribution in [2.24, 2.45) is 0 Å². The molecule has 128 valence electrons. The van der Waals surface area contributed by atoms with Crippen molar-refractivity contribution in [3.8, 4) is 5.75 Å². The maximum absolute atomic E-state index is 12.4. The Kier molecular flexibility index (Phi) is 4.90. The number of nitrogens with one attached hydrogen (secondary N) is 1. The van der Waals surface area contributed by atoms with Crippen LogP contribution >= 0.6 is 11.3 Å². The summed E-state index contributed by atoms with van der Waals surface area (Å²) in [5.74, 6) is 0.695. The third-order valence-corrected chi connectivity index (χ3v) is 5.49. The van der Waals surface area contributed by atoms with Gasteiger partial charge in [0.2, 0.25) is 0 Å². The van der Waals surface area contributed by atoms with Crippen LogP contribution in [0.3, 0.4) is 0 Å². The number of thiazole rings is 1. The molecule has 5 heteroatoms. The standard InChI is InChI=1S/C19H24N2O2S/c1-19(2,3)18-20-12-16(24-18)17(22)21-13-7-6-10-15(11-13)23-14-8-4-5-9-14/h6-7,10-12,14H,4-5,8-9H2,1-3H3,(H,21,22). The summed E-state index contributed by atoms with van der Waals surface area (Å²) in [5.41, 5.74) is 0.708. The van der Waals surface area contributed by atoms with Crippen LogP contribution in [-0.2, 0) is 5.41 Å². The molecule has 24 heavy (non-hydrogen) atoms. The van der Waals surface area contributed by atoms with Gasteiger partial charge in [-0.3, -0.25) is 4.79 Å². The molecule has 0 unspecified atom stereocenters. The number of hydrogen-bond donors (Lipinski definition) is 1. The predicted octanol–water partition coefficient (Wildman–Crippen LogP) is 5.01. The zero-order valence-corrected chi connectivity index (χ0v) is 15.3. The van der Waals surface area contributed by atoms with Gasteiger partial charge in [0.1, 0.15) is 10.6 Å². The zero-order valence-electron chi connectivity index (χ0n) is 14.5. The van der Waals surface area contributed by atoms with Crippen LogP contribution in [0.25, 0.3) is 0 Å². The second-order valence-electron chi connectivity index (χ2n) is 7.29. The van der Waals surface area contributed by atoms with E-state index in [1.807, 2.05) is 24.3 Å². The van der Waals surface area contributed by atoms with E-state index in [0.717, 1.165) is 29.3 Å².